The van der Waals surface area contributed by atoms with Crippen molar-refractivity contribution in [2.75, 3.05) is 4.72 Å². The summed E-state index contributed by atoms with van der Waals surface area (Å²) < 4.78 is 26.3. The molecule has 0 aliphatic rings. The fraction of sp³-hybridized carbons (Fsp3) is 0. The first-order valence-corrected chi connectivity index (χ1v) is 7.16. The lowest BCUT2D eigenvalue weighted by molar-refractivity contribution is 0.1000. The molecule has 0 radical (unpaired) electrons. The molecule has 0 unspecified atom stereocenters. The zero-order valence-corrected chi connectivity index (χ0v) is 11.5. The number of amides is 1. The molecule has 0 fully saturated rings. The van der Waals surface area contributed by atoms with Crippen molar-refractivity contribution < 1.29 is 13.2 Å². The van der Waals surface area contributed by atoms with Gasteiger partial charge in [0.1, 0.15) is 5.15 Å². The molecule has 0 aliphatic carbocycles. The van der Waals surface area contributed by atoms with E-state index in [4.69, 9.17) is 17.3 Å². The van der Waals surface area contributed by atoms with E-state index in [-0.39, 0.29) is 21.6 Å². The maximum Gasteiger partial charge on any atom is 0.264 e. The minimum Gasteiger partial charge on any atom is -0.366 e. The van der Waals surface area contributed by atoms with Gasteiger partial charge in [0.15, 0.2) is 0 Å². The second kappa shape index (κ2) is 5.43. The van der Waals surface area contributed by atoms with E-state index < -0.39 is 15.9 Å². The predicted octanol–water partition coefficient (Wildman–Crippen LogP) is 1.03. The number of primary amides is 1. The molecule has 2 rings (SSSR count). The van der Waals surface area contributed by atoms with Crippen LogP contribution in [-0.4, -0.2) is 24.3 Å². The van der Waals surface area contributed by atoms with E-state index in [0.717, 1.165) is 0 Å². The lowest BCUT2D eigenvalue weighted by Gasteiger charge is -2.06. The molecule has 1 amide bonds. The summed E-state index contributed by atoms with van der Waals surface area (Å²) in [4.78, 5) is 18.3. The van der Waals surface area contributed by atoms with Gasteiger partial charge in [-0.1, -0.05) is 11.6 Å². The lowest BCUT2D eigenvalue weighted by atomic mass is 10.2. The molecule has 7 nitrogen and oxygen atoms in total. The first-order chi connectivity index (χ1) is 9.38. The minimum atomic E-state index is -3.86. The standard InChI is InChI=1S/C11H9ClN4O3S/c12-9-5-6-14-11(15-9)16-20(18,19)8-3-1-7(2-4-8)10(13)17/h1-6H,(H2,13,17)(H,14,15,16). The molecule has 104 valence electrons. The first kappa shape index (κ1) is 14.2. The van der Waals surface area contributed by atoms with Crippen molar-refractivity contribution in [3.8, 4) is 0 Å². The number of nitrogens with zero attached hydrogens (tertiary/aromatic N) is 2. The van der Waals surface area contributed by atoms with Gasteiger partial charge in [-0.05, 0) is 30.3 Å². The molecule has 0 bridgehead atoms. The monoisotopic (exact) mass is 312 g/mol. The van der Waals surface area contributed by atoms with E-state index in [0.29, 0.717) is 0 Å². The molecule has 1 heterocycles. The molecule has 1 aromatic carbocycles. The van der Waals surface area contributed by atoms with Gasteiger partial charge in [-0.25, -0.2) is 23.1 Å². The van der Waals surface area contributed by atoms with Gasteiger partial charge in [0.25, 0.3) is 10.0 Å². The number of rotatable bonds is 4. The van der Waals surface area contributed by atoms with Gasteiger partial charge >= 0.3 is 0 Å². The SMILES string of the molecule is NC(=O)c1ccc(S(=O)(=O)Nc2nccc(Cl)n2)cc1. The average Bonchev–Trinajstić information content (AvgIpc) is 2.38. The number of hydrogen-bond donors (Lipinski definition) is 2. The third kappa shape index (κ3) is 3.22. The van der Waals surface area contributed by atoms with Crippen molar-refractivity contribution in [1.29, 1.82) is 0 Å². The summed E-state index contributed by atoms with van der Waals surface area (Å²) in [5.41, 5.74) is 5.29. The second-order valence-corrected chi connectivity index (χ2v) is 5.77. The number of hydrogen-bond acceptors (Lipinski definition) is 5. The molecule has 3 N–H and O–H groups in total. The van der Waals surface area contributed by atoms with Crippen molar-refractivity contribution in [2.45, 2.75) is 4.90 Å². The van der Waals surface area contributed by atoms with E-state index in [1.54, 1.807) is 0 Å². The molecule has 1 aromatic heterocycles. The molecular formula is C11H9ClN4O3S. The fourth-order valence-corrected chi connectivity index (χ4v) is 2.45. The van der Waals surface area contributed by atoms with Crippen LogP contribution in [0, 0.1) is 0 Å². The van der Waals surface area contributed by atoms with Gasteiger partial charge in [-0.3, -0.25) is 4.79 Å². The van der Waals surface area contributed by atoms with Gasteiger partial charge in [-0.15, -0.1) is 0 Å². The number of aromatic nitrogens is 2. The first-order valence-electron chi connectivity index (χ1n) is 5.30. The number of sulfonamides is 1. The number of carbonyl (C=O) groups is 1. The van der Waals surface area contributed by atoms with Crippen molar-refractivity contribution in [3.05, 3.63) is 47.2 Å². The minimum absolute atomic E-state index is 0.0499. The molecule has 0 saturated carbocycles. The Morgan fingerprint density at radius 3 is 2.40 bits per heavy atom. The fourth-order valence-electron chi connectivity index (χ4n) is 1.36. The molecule has 0 aliphatic heterocycles. The summed E-state index contributed by atoms with van der Waals surface area (Å²) in [7, 11) is -3.86. The third-order valence-electron chi connectivity index (χ3n) is 2.30. The maximum atomic E-state index is 12.0. The number of anilines is 1. The Kier molecular flexibility index (Phi) is 3.86. The lowest BCUT2D eigenvalue weighted by Crippen LogP contribution is -2.16. The highest BCUT2D eigenvalue weighted by Crippen LogP contribution is 2.15. The van der Waals surface area contributed by atoms with Crippen LogP contribution in [0.15, 0.2) is 41.4 Å². The van der Waals surface area contributed by atoms with Crippen LogP contribution in [0.4, 0.5) is 5.95 Å². The van der Waals surface area contributed by atoms with Gasteiger partial charge in [0.05, 0.1) is 4.90 Å². The quantitative estimate of drug-likeness (QED) is 0.818. The van der Waals surface area contributed by atoms with E-state index in [9.17, 15) is 13.2 Å². The summed E-state index contributed by atoms with van der Waals surface area (Å²) in [5, 5.41) is 0.113. The molecule has 20 heavy (non-hydrogen) atoms. The number of carbonyl (C=O) groups excluding carboxylic acids is 1. The molecule has 0 saturated heterocycles. The van der Waals surface area contributed by atoms with E-state index in [1.807, 2.05) is 0 Å². The highest BCUT2D eigenvalue weighted by molar-refractivity contribution is 7.92. The highest BCUT2D eigenvalue weighted by Gasteiger charge is 2.16. The van der Waals surface area contributed by atoms with E-state index >= 15 is 0 Å². The largest absolute Gasteiger partial charge is 0.366 e. The zero-order chi connectivity index (χ0) is 14.8. The Bertz CT molecular complexity index is 747. The third-order valence-corrected chi connectivity index (χ3v) is 3.85. The van der Waals surface area contributed by atoms with Crippen LogP contribution >= 0.6 is 11.6 Å². The van der Waals surface area contributed by atoms with E-state index in [1.165, 1.54) is 36.5 Å². The Balaban J connectivity index is 2.28. The summed E-state index contributed by atoms with van der Waals surface area (Å²) in [6.45, 7) is 0. The number of nitrogens with one attached hydrogen (secondary N) is 1. The van der Waals surface area contributed by atoms with Crippen molar-refractivity contribution in [3.63, 3.8) is 0 Å². The summed E-state index contributed by atoms with van der Waals surface area (Å²) in [5.74, 6) is -0.781. The predicted molar refractivity (Wildman–Crippen MR) is 72.8 cm³/mol. The normalized spacial score (nSPS) is 11.1. The number of halogens is 1. The molecule has 0 atom stereocenters. The van der Waals surface area contributed by atoms with Gasteiger partial charge in [0.2, 0.25) is 11.9 Å². The Hall–Kier alpha value is -2.19. The van der Waals surface area contributed by atoms with Crippen LogP contribution in [0.5, 0.6) is 0 Å². The van der Waals surface area contributed by atoms with Crippen LogP contribution in [0.1, 0.15) is 10.4 Å². The van der Waals surface area contributed by atoms with Crippen LogP contribution < -0.4 is 10.5 Å². The van der Waals surface area contributed by atoms with Crippen molar-refractivity contribution in [2.24, 2.45) is 5.73 Å². The van der Waals surface area contributed by atoms with Crippen molar-refractivity contribution in [1.82, 2.24) is 9.97 Å². The highest BCUT2D eigenvalue weighted by atomic mass is 35.5. The van der Waals surface area contributed by atoms with Gasteiger partial charge < -0.3 is 5.73 Å². The van der Waals surface area contributed by atoms with E-state index in [2.05, 4.69) is 14.7 Å². The Morgan fingerprint density at radius 1 is 1.20 bits per heavy atom. The Morgan fingerprint density at radius 2 is 1.85 bits per heavy atom. The van der Waals surface area contributed by atoms with Crippen LogP contribution in [0.3, 0.4) is 0 Å². The number of benzene rings is 1. The molecular weight excluding hydrogens is 304 g/mol. The molecule has 9 heteroatoms. The summed E-state index contributed by atoms with van der Waals surface area (Å²) >= 11 is 5.64. The van der Waals surface area contributed by atoms with Crippen LogP contribution in [-0.2, 0) is 10.0 Å². The van der Waals surface area contributed by atoms with Gasteiger partial charge in [-0.2, -0.15) is 0 Å². The zero-order valence-electron chi connectivity index (χ0n) is 9.95. The Labute approximate surface area is 119 Å². The van der Waals surface area contributed by atoms with Gasteiger partial charge in [0, 0.05) is 11.8 Å². The van der Waals surface area contributed by atoms with Crippen LogP contribution in [0.2, 0.25) is 5.15 Å². The maximum absolute atomic E-state index is 12.0. The van der Waals surface area contributed by atoms with Crippen LogP contribution in [0.25, 0.3) is 0 Å². The summed E-state index contributed by atoms with van der Waals surface area (Å²) in [6.07, 6.45) is 1.32. The molecule has 0 spiro atoms. The smallest absolute Gasteiger partial charge is 0.264 e. The second-order valence-electron chi connectivity index (χ2n) is 3.70. The van der Waals surface area contributed by atoms with Crippen molar-refractivity contribution >= 4 is 33.5 Å². The average molecular weight is 313 g/mol. The molecule has 2 aromatic rings. The topological polar surface area (TPSA) is 115 Å². The summed E-state index contributed by atoms with van der Waals surface area (Å²) in [6, 6.07) is 6.56. The number of nitrogens with two attached hydrogens (primary N) is 1.